The van der Waals surface area contributed by atoms with Crippen LogP contribution < -0.4 is 4.90 Å². The second-order valence-corrected chi connectivity index (χ2v) is 8.54. The molecular formula is C22H20F4N6O. The maximum absolute atomic E-state index is 14.4. The third-order valence-corrected chi connectivity index (χ3v) is 6.52. The highest BCUT2D eigenvalue weighted by atomic mass is 19.4. The minimum absolute atomic E-state index is 0.0210. The van der Waals surface area contributed by atoms with Gasteiger partial charge in [-0.2, -0.15) is 13.2 Å². The molecule has 0 aliphatic carbocycles. The number of hydrogen-bond acceptors (Lipinski definition) is 6. The number of hydrogen-bond donors (Lipinski definition) is 0. The lowest BCUT2D eigenvalue weighted by Crippen LogP contribution is -2.50. The minimum atomic E-state index is -4.58. The van der Waals surface area contributed by atoms with Crippen molar-refractivity contribution in [2.75, 3.05) is 31.1 Å². The molecule has 1 aromatic carbocycles. The van der Waals surface area contributed by atoms with Crippen LogP contribution in [0.1, 0.15) is 30.7 Å². The summed E-state index contributed by atoms with van der Waals surface area (Å²) in [5, 5.41) is 0.565. The van der Waals surface area contributed by atoms with Gasteiger partial charge in [0.2, 0.25) is 11.9 Å². The fourth-order valence-electron chi connectivity index (χ4n) is 4.62. The van der Waals surface area contributed by atoms with Gasteiger partial charge in [-0.25, -0.2) is 14.4 Å². The lowest BCUT2D eigenvalue weighted by atomic mass is 9.78. The number of aromatic nitrogens is 4. The largest absolute Gasteiger partial charge is 0.401 e. The Morgan fingerprint density at radius 2 is 1.91 bits per heavy atom. The molecular weight excluding hydrogens is 440 g/mol. The molecule has 0 bridgehead atoms. The summed E-state index contributed by atoms with van der Waals surface area (Å²) in [6, 6.07) is 4.21. The summed E-state index contributed by atoms with van der Waals surface area (Å²) in [6.45, 7) is 1.59. The second-order valence-electron chi connectivity index (χ2n) is 8.54. The lowest BCUT2D eigenvalue weighted by Gasteiger charge is -2.41. The molecule has 2 fully saturated rings. The topological polar surface area (TPSA) is 75.1 Å². The number of benzene rings is 1. The van der Waals surface area contributed by atoms with Crippen molar-refractivity contribution < 1.29 is 22.4 Å². The molecule has 0 N–H and O–H groups in total. The molecule has 1 atom stereocenters. The number of amides is 1. The average molecular weight is 460 g/mol. The normalized spacial score (nSPS) is 21.5. The van der Waals surface area contributed by atoms with Crippen molar-refractivity contribution in [2.24, 2.45) is 0 Å². The Morgan fingerprint density at radius 3 is 2.61 bits per heavy atom. The summed E-state index contributed by atoms with van der Waals surface area (Å²) in [6.07, 6.45) is -0.644. The van der Waals surface area contributed by atoms with Crippen LogP contribution in [-0.4, -0.2) is 63.1 Å². The van der Waals surface area contributed by atoms with Gasteiger partial charge in [-0.1, -0.05) is 0 Å². The van der Waals surface area contributed by atoms with E-state index in [1.807, 2.05) is 4.90 Å². The van der Waals surface area contributed by atoms with Gasteiger partial charge in [-0.05, 0) is 24.6 Å². The van der Waals surface area contributed by atoms with E-state index in [1.165, 1.54) is 42.5 Å². The van der Waals surface area contributed by atoms with Crippen molar-refractivity contribution in [2.45, 2.75) is 30.9 Å². The molecule has 7 nitrogen and oxygen atoms in total. The van der Waals surface area contributed by atoms with E-state index in [1.54, 1.807) is 6.07 Å². The first-order valence-electron chi connectivity index (χ1n) is 10.5. The van der Waals surface area contributed by atoms with E-state index in [0.29, 0.717) is 35.6 Å². The van der Waals surface area contributed by atoms with Crippen LogP contribution >= 0.6 is 0 Å². The molecule has 0 unspecified atom stereocenters. The predicted octanol–water partition coefficient (Wildman–Crippen LogP) is 3.22. The highest BCUT2D eigenvalue weighted by molar-refractivity contribution is 5.78. The highest BCUT2D eigenvalue weighted by Crippen LogP contribution is 2.49. The van der Waals surface area contributed by atoms with Gasteiger partial charge in [-0.15, -0.1) is 0 Å². The fraction of sp³-hybridized carbons (Fsp3) is 0.409. The Labute approximate surface area is 186 Å². The lowest BCUT2D eigenvalue weighted by molar-refractivity contribution is -0.188. The summed E-state index contributed by atoms with van der Waals surface area (Å²) in [5.74, 6) is -0.640. The summed E-state index contributed by atoms with van der Waals surface area (Å²) >= 11 is 0. The van der Waals surface area contributed by atoms with Gasteiger partial charge in [0.15, 0.2) is 0 Å². The van der Waals surface area contributed by atoms with E-state index in [2.05, 4.69) is 19.9 Å². The van der Waals surface area contributed by atoms with Gasteiger partial charge in [0.1, 0.15) is 11.2 Å². The van der Waals surface area contributed by atoms with Crippen LogP contribution in [0.5, 0.6) is 0 Å². The molecule has 4 heterocycles. The molecule has 33 heavy (non-hydrogen) atoms. The van der Waals surface area contributed by atoms with Gasteiger partial charge in [-0.3, -0.25) is 14.8 Å². The number of nitrogens with zero attached hydrogens (tertiary/aromatic N) is 6. The molecule has 1 amide bonds. The van der Waals surface area contributed by atoms with Crippen LogP contribution in [0.4, 0.5) is 23.5 Å². The van der Waals surface area contributed by atoms with Crippen molar-refractivity contribution in [3.8, 4) is 0 Å². The van der Waals surface area contributed by atoms with E-state index < -0.39 is 24.0 Å². The zero-order chi connectivity index (χ0) is 23.4. The predicted molar refractivity (Wildman–Crippen MR) is 111 cm³/mol. The molecule has 5 rings (SSSR count). The Hall–Kier alpha value is -3.37. The average Bonchev–Trinajstić information content (AvgIpc) is 3.20. The molecule has 2 saturated heterocycles. The summed E-state index contributed by atoms with van der Waals surface area (Å²) in [4.78, 5) is 31.9. The van der Waals surface area contributed by atoms with Crippen molar-refractivity contribution in [1.82, 2.24) is 24.8 Å². The first-order chi connectivity index (χ1) is 15.7. The number of likely N-dealkylation sites (tertiary alicyclic amines) is 1. The highest BCUT2D eigenvalue weighted by Gasteiger charge is 2.62. The van der Waals surface area contributed by atoms with Crippen LogP contribution in [0.2, 0.25) is 0 Å². The number of anilines is 1. The van der Waals surface area contributed by atoms with Gasteiger partial charge in [0, 0.05) is 63.0 Å². The Balaban J connectivity index is 1.42. The third kappa shape index (κ3) is 3.55. The zero-order valence-electron chi connectivity index (χ0n) is 17.7. The number of carbonyl (C=O) groups excluding carboxylic acids is 1. The molecule has 3 aromatic rings. The SMILES string of the molecule is CC(=O)N1CC[C@](c2nccnc2C2CN(c3ncc4cc(F)ccc4n3)C2)(C(F)(F)F)C1. The van der Waals surface area contributed by atoms with Crippen molar-refractivity contribution >= 4 is 22.8 Å². The molecule has 2 aromatic heterocycles. The molecule has 2 aliphatic heterocycles. The van der Waals surface area contributed by atoms with Crippen LogP contribution in [0.3, 0.4) is 0 Å². The maximum atomic E-state index is 14.4. The quantitative estimate of drug-likeness (QED) is 0.559. The molecule has 0 saturated carbocycles. The molecule has 0 spiro atoms. The molecule has 172 valence electrons. The first-order valence-corrected chi connectivity index (χ1v) is 10.5. The summed E-state index contributed by atoms with van der Waals surface area (Å²) in [7, 11) is 0. The Morgan fingerprint density at radius 1 is 1.15 bits per heavy atom. The number of rotatable bonds is 3. The van der Waals surface area contributed by atoms with Gasteiger partial charge < -0.3 is 9.80 Å². The van der Waals surface area contributed by atoms with Crippen LogP contribution in [0.25, 0.3) is 10.9 Å². The third-order valence-electron chi connectivity index (χ3n) is 6.52. The van der Waals surface area contributed by atoms with E-state index in [0.717, 1.165) is 0 Å². The maximum Gasteiger partial charge on any atom is 0.401 e. The fourth-order valence-corrected chi connectivity index (χ4v) is 4.62. The van der Waals surface area contributed by atoms with E-state index in [9.17, 15) is 22.4 Å². The molecule has 2 aliphatic rings. The van der Waals surface area contributed by atoms with E-state index in [4.69, 9.17) is 0 Å². The number of halogens is 4. The number of carbonyl (C=O) groups is 1. The number of alkyl halides is 3. The van der Waals surface area contributed by atoms with Crippen LogP contribution in [-0.2, 0) is 10.2 Å². The van der Waals surface area contributed by atoms with Crippen molar-refractivity contribution in [3.63, 3.8) is 0 Å². The van der Waals surface area contributed by atoms with Gasteiger partial charge >= 0.3 is 6.18 Å². The Kier molecular flexibility index (Phi) is 4.95. The molecule has 0 radical (unpaired) electrons. The van der Waals surface area contributed by atoms with Gasteiger partial charge in [0.25, 0.3) is 0 Å². The number of fused-ring (bicyclic) bond motifs is 1. The standard InChI is InChI=1S/C22H20F4N6O/c1-13(33)31-7-4-21(12-31,22(24,25)26)19-18(27-5-6-28-19)15-10-32(11-15)20-29-9-14-8-16(23)2-3-17(14)30-20/h2-3,5-6,8-9,15H,4,7,10-12H2,1H3/t21-/m0/s1. The van der Waals surface area contributed by atoms with Crippen molar-refractivity contribution in [1.29, 1.82) is 0 Å². The van der Waals surface area contributed by atoms with Crippen LogP contribution in [0.15, 0.2) is 36.8 Å². The monoisotopic (exact) mass is 460 g/mol. The Bertz CT molecular complexity index is 1230. The van der Waals surface area contributed by atoms with Crippen molar-refractivity contribution in [3.05, 3.63) is 54.0 Å². The van der Waals surface area contributed by atoms with E-state index >= 15 is 0 Å². The second kappa shape index (κ2) is 7.60. The van der Waals surface area contributed by atoms with Crippen LogP contribution in [0, 0.1) is 5.82 Å². The van der Waals surface area contributed by atoms with E-state index in [-0.39, 0.29) is 30.4 Å². The smallest absolute Gasteiger partial charge is 0.342 e. The summed E-state index contributed by atoms with van der Waals surface area (Å²) in [5.41, 5.74) is -1.48. The summed E-state index contributed by atoms with van der Waals surface area (Å²) < 4.78 is 56.5. The van der Waals surface area contributed by atoms with Gasteiger partial charge in [0.05, 0.1) is 16.9 Å². The zero-order valence-corrected chi connectivity index (χ0v) is 17.7. The minimum Gasteiger partial charge on any atom is -0.342 e. The first kappa shape index (κ1) is 21.5. The molecule has 11 heteroatoms.